The third kappa shape index (κ3) is 3.46. The maximum Gasteiger partial charge on any atom is 0.319 e. The molecule has 0 aromatic heterocycles. The number of hydrogen-bond acceptors (Lipinski definition) is 2. The standard InChI is InChI=1S/C14H18FN3O2/c1-9-5-4-7-10(12(9)15)17-14(20)18-11-6-2-3-8-16-13(11)19/h4-5,7,11H,2-3,6,8H2,1H3,(H,16,19)(H2,17,18,20)/t11-/m0/s1. The highest BCUT2D eigenvalue weighted by Gasteiger charge is 2.22. The molecule has 1 aromatic carbocycles. The van der Waals surface area contributed by atoms with Crippen molar-refractivity contribution < 1.29 is 14.0 Å². The molecule has 1 saturated heterocycles. The van der Waals surface area contributed by atoms with Crippen molar-refractivity contribution in [1.29, 1.82) is 0 Å². The largest absolute Gasteiger partial charge is 0.354 e. The van der Waals surface area contributed by atoms with Crippen molar-refractivity contribution >= 4 is 17.6 Å². The third-order valence-corrected chi connectivity index (χ3v) is 3.28. The number of carbonyl (C=O) groups excluding carboxylic acids is 2. The topological polar surface area (TPSA) is 70.2 Å². The maximum atomic E-state index is 13.8. The van der Waals surface area contributed by atoms with Crippen molar-refractivity contribution in [2.75, 3.05) is 11.9 Å². The van der Waals surface area contributed by atoms with Crippen LogP contribution in [0.2, 0.25) is 0 Å². The summed E-state index contributed by atoms with van der Waals surface area (Å²) in [5, 5.41) is 7.74. The average molecular weight is 279 g/mol. The summed E-state index contributed by atoms with van der Waals surface area (Å²) in [4.78, 5) is 23.5. The molecule has 0 bridgehead atoms. The van der Waals surface area contributed by atoms with Gasteiger partial charge in [-0.2, -0.15) is 0 Å². The highest BCUT2D eigenvalue weighted by molar-refractivity contribution is 5.93. The zero-order chi connectivity index (χ0) is 14.5. The second kappa shape index (κ2) is 6.36. The van der Waals surface area contributed by atoms with Gasteiger partial charge in [-0.25, -0.2) is 9.18 Å². The van der Waals surface area contributed by atoms with Gasteiger partial charge in [0.1, 0.15) is 11.9 Å². The molecule has 20 heavy (non-hydrogen) atoms. The van der Waals surface area contributed by atoms with E-state index in [0.717, 1.165) is 12.8 Å². The molecule has 1 heterocycles. The van der Waals surface area contributed by atoms with Crippen molar-refractivity contribution in [2.45, 2.75) is 32.2 Å². The van der Waals surface area contributed by atoms with Crippen molar-refractivity contribution in [2.24, 2.45) is 0 Å². The highest BCUT2D eigenvalue weighted by atomic mass is 19.1. The van der Waals surface area contributed by atoms with Gasteiger partial charge in [0.25, 0.3) is 0 Å². The minimum absolute atomic E-state index is 0.108. The summed E-state index contributed by atoms with van der Waals surface area (Å²) in [7, 11) is 0. The molecular formula is C14H18FN3O2. The van der Waals surface area contributed by atoms with Gasteiger partial charge in [0.15, 0.2) is 0 Å². The van der Waals surface area contributed by atoms with Crippen LogP contribution in [0.1, 0.15) is 24.8 Å². The minimum atomic E-state index is -0.573. The van der Waals surface area contributed by atoms with Crippen LogP contribution in [-0.4, -0.2) is 24.5 Å². The van der Waals surface area contributed by atoms with Gasteiger partial charge in [0.2, 0.25) is 5.91 Å². The quantitative estimate of drug-likeness (QED) is 0.774. The van der Waals surface area contributed by atoms with Crippen molar-refractivity contribution in [3.63, 3.8) is 0 Å². The van der Waals surface area contributed by atoms with Crippen molar-refractivity contribution in [1.82, 2.24) is 10.6 Å². The first-order valence-electron chi connectivity index (χ1n) is 6.68. The predicted molar refractivity (Wildman–Crippen MR) is 73.9 cm³/mol. The van der Waals surface area contributed by atoms with Crippen LogP contribution in [0.4, 0.5) is 14.9 Å². The molecule has 1 aromatic rings. The van der Waals surface area contributed by atoms with E-state index in [-0.39, 0.29) is 11.6 Å². The fraction of sp³-hybridized carbons (Fsp3) is 0.429. The summed E-state index contributed by atoms with van der Waals surface area (Å²) >= 11 is 0. The van der Waals surface area contributed by atoms with Crippen LogP contribution in [-0.2, 0) is 4.79 Å². The lowest BCUT2D eigenvalue weighted by atomic mass is 10.1. The Bertz CT molecular complexity index is 519. The van der Waals surface area contributed by atoms with Crippen molar-refractivity contribution in [3.8, 4) is 0 Å². The molecule has 0 unspecified atom stereocenters. The number of nitrogens with one attached hydrogen (secondary N) is 3. The smallest absolute Gasteiger partial charge is 0.319 e. The molecule has 3 N–H and O–H groups in total. The molecule has 6 heteroatoms. The van der Waals surface area contributed by atoms with Crippen LogP contribution < -0.4 is 16.0 Å². The van der Waals surface area contributed by atoms with E-state index in [2.05, 4.69) is 16.0 Å². The second-order valence-electron chi connectivity index (χ2n) is 4.87. The predicted octanol–water partition coefficient (Wildman–Crippen LogP) is 1.92. The summed E-state index contributed by atoms with van der Waals surface area (Å²) in [5.41, 5.74) is 0.562. The number of urea groups is 1. The Hall–Kier alpha value is -2.11. The number of carbonyl (C=O) groups is 2. The highest BCUT2D eigenvalue weighted by Crippen LogP contribution is 2.17. The van der Waals surface area contributed by atoms with Crippen LogP contribution >= 0.6 is 0 Å². The lowest BCUT2D eigenvalue weighted by Gasteiger charge is -2.16. The third-order valence-electron chi connectivity index (χ3n) is 3.28. The summed E-state index contributed by atoms with van der Waals surface area (Å²) < 4.78 is 13.8. The first kappa shape index (κ1) is 14.3. The van der Waals surface area contributed by atoms with E-state index in [1.165, 1.54) is 6.07 Å². The molecule has 0 aliphatic carbocycles. The molecule has 0 spiro atoms. The summed E-state index contributed by atoms with van der Waals surface area (Å²) in [5.74, 6) is -0.657. The Kier molecular flexibility index (Phi) is 4.55. The van der Waals surface area contributed by atoms with E-state index in [1.807, 2.05) is 0 Å². The number of rotatable bonds is 2. The summed E-state index contributed by atoms with van der Waals surface area (Å²) in [6, 6.07) is 3.63. The molecule has 1 aliphatic rings. The number of aryl methyl sites for hydroxylation is 1. The molecule has 5 nitrogen and oxygen atoms in total. The number of amides is 3. The van der Waals surface area contributed by atoms with E-state index in [0.29, 0.717) is 18.5 Å². The van der Waals surface area contributed by atoms with Crippen molar-refractivity contribution in [3.05, 3.63) is 29.6 Å². The lowest BCUT2D eigenvalue weighted by Crippen LogP contribution is -2.47. The first-order chi connectivity index (χ1) is 9.58. The van der Waals surface area contributed by atoms with Crippen LogP contribution in [0.3, 0.4) is 0 Å². The molecule has 0 radical (unpaired) electrons. The Labute approximate surface area is 116 Å². The second-order valence-corrected chi connectivity index (χ2v) is 4.87. The molecule has 1 atom stereocenters. The van der Waals surface area contributed by atoms with Crippen LogP contribution in [0, 0.1) is 12.7 Å². The zero-order valence-electron chi connectivity index (χ0n) is 11.3. The average Bonchev–Trinajstić information content (AvgIpc) is 2.61. The maximum absolute atomic E-state index is 13.8. The summed E-state index contributed by atoms with van der Waals surface area (Å²) in [6.07, 6.45) is 2.36. The molecular weight excluding hydrogens is 261 g/mol. The van der Waals surface area contributed by atoms with Crippen LogP contribution in [0.25, 0.3) is 0 Å². The van der Waals surface area contributed by atoms with E-state index >= 15 is 0 Å². The zero-order valence-corrected chi connectivity index (χ0v) is 11.3. The fourth-order valence-electron chi connectivity index (χ4n) is 2.14. The molecule has 1 fully saturated rings. The number of benzene rings is 1. The van der Waals surface area contributed by atoms with Crippen LogP contribution in [0.15, 0.2) is 18.2 Å². The molecule has 0 saturated carbocycles. The lowest BCUT2D eigenvalue weighted by molar-refractivity contribution is -0.122. The molecule has 2 rings (SSSR count). The Morgan fingerprint density at radius 2 is 2.20 bits per heavy atom. The Morgan fingerprint density at radius 1 is 1.40 bits per heavy atom. The Balaban J connectivity index is 1.98. The normalized spacial score (nSPS) is 18.9. The van der Waals surface area contributed by atoms with Gasteiger partial charge in [-0.1, -0.05) is 12.1 Å². The minimum Gasteiger partial charge on any atom is -0.354 e. The molecule has 1 aliphatic heterocycles. The monoisotopic (exact) mass is 279 g/mol. The van der Waals surface area contributed by atoms with E-state index in [4.69, 9.17) is 0 Å². The van der Waals surface area contributed by atoms with E-state index in [9.17, 15) is 14.0 Å². The first-order valence-corrected chi connectivity index (χ1v) is 6.68. The number of halogens is 1. The van der Waals surface area contributed by atoms with Gasteiger partial charge < -0.3 is 16.0 Å². The van der Waals surface area contributed by atoms with Gasteiger partial charge in [-0.3, -0.25) is 4.79 Å². The fourth-order valence-corrected chi connectivity index (χ4v) is 2.14. The Morgan fingerprint density at radius 3 is 3.00 bits per heavy atom. The molecule has 108 valence electrons. The summed E-state index contributed by atoms with van der Waals surface area (Å²) in [6.45, 7) is 2.25. The molecule has 3 amide bonds. The van der Waals surface area contributed by atoms with Gasteiger partial charge in [-0.05, 0) is 37.8 Å². The van der Waals surface area contributed by atoms with Gasteiger partial charge in [0, 0.05) is 6.54 Å². The van der Waals surface area contributed by atoms with E-state index in [1.54, 1.807) is 19.1 Å². The van der Waals surface area contributed by atoms with Gasteiger partial charge in [0.05, 0.1) is 5.69 Å². The van der Waals surface area contributed by atoms with Gasteiger partial charge >= 0.3 is 6.03 Å². The van der Waals surface area contributed by atoms with Crippen LogP contribution in [0.5, 0.6) is 0 Å². The number of anilines is 1. The van der Waals surface area contributed by atoms with Gasteiger partial charge in [-0.15, -0.1) is 0 Å². The van der Waals surface area contributed by atoms with E-state index < -0.39 is 17.9 Å². The SMILES string of the molecule is Cc1cccc(NC(=O)N[C@H]2CCCCNC2=O)c1F. The number of hydrogen-bond donors (Lipinski definition) is 3.